The molecule has 12 nitrogen and oxygen atoms in total. The molecule has 0 saturated carbocycles. The zero-order chi connectivity index (χ0) is 35.5. The highest BCUT2D eigenvalue weighted by Gasteiger charge is 2.35. The van der Waals surface area contributed by atoms with Gasteiger partial charge in [-0.2, -0.15) is 0 Å². The van der Waals surface area contributed by atoms with Crippen molar-refractivity contribution in [2.45, 2.75) is 32.7 Å². The van der Waals surface area contributed by atoms with Gasteiger partial charge in [0.15, 0.2) is 4.80 Å². The molecule has 0 unspecified atom stereocenters. The highest BCUT2D eigenvalue weighted by Crippen LogP contribution is 2.36. The Morgan fingerprint density at radius 1 is 0.960 bits per heavy atom. The lowest BCUT2D eigenvalue weighted by atomic mass is 9.91. The molecule has 0 saturated heterocycles. The molecule has 1 aliphatic rings. The first kappa shape index (κ1) is 33.7. The van der Waals surface area contributed by atoms with Crippen LogP contribution >= 0.6 is 11.3 Å². The van der Waals surface area contributed by atoms with Crippen molar-refractivity contribution in [1.29, 1.82) is 0 Å². The number of carbonyl (C=O) groups is 1. The molecule has 252 valence electrons. The van der Waals surface area contributed by atoms with Crippen molar-refractivity contribution >= 4 is 40.5 Å². The van der Waals surface area contributed by atoms with Crippen molar-refractivity contribution < 1.29 is 24.1 Å². The Labute approximate surface area is 289 Å². The van der Waals surface area contributed by atoms with Gasteiger partial charge >= 0.3 is 11.7 Å². The van der Waals surface area contributed by atoms with Crippen molar-refractivity contribution in [2.75, 3.05) is 6.61 Å². The smallest absolute Gasteiger partial charge is 0.338 e. The molecule has 0 radical (unpaired) electrons. The van der Waals surface area contributed by atoms with Crippen LogP contribution in [0.2, 0.25) is 0 Å². The van der Waals surface area contributed by atoms with Gasteiger partial charge in [-0.15, -0.1) is 0 Å². The number of carbonyl (C=O) groups excluding carboxylic acids is 1. The second-order valence-electron chi connectivity index (χ2n) is 11.6. The van der Waals surface area contributed by atoms with Gasteiger partial charge < -0.3 is 9.47 Å². The number of thiazole rings is 1. The molecule has 0 fully saturated rings. The summed E-state index contributed by atoms with van der Waals surface area (Å²) in [6.45, 7) is 6.05. The van der Waals surface area contributed by atoms with Crippen LogP contribution in [0.3, 0.4) is 0 Å². The second-order valence-corrected chi connectivity index (χ2v) is 12.6. The van der Waals surface area contributed by atoms with Crippen molar-refractivity contribution in [2.24, 2.45) is 4.99 Å². The highest BCUT2D eigenvalue weighted by atomic mass is 32.1. The SMILES string of the molecule is CCOC(=O)C1=C(c2ccccc2)N=c2s/c(=C\c3ccc(Oc4ccc([N+](=O)[O-])cc4[N+](=O)[O-])cc3)c(=O)n2[C@H]1c1ccc(C(C)C)cc1. The number of nitrogens with zero attached hydrogens (tertiary/aromatic N) is 4. The van der Waals surface area contributed by atoms with Crippen LogP contribution in [0.1, 0.15) is 55.0 Å². The van der Waals surface area contributed by atoms with Gasteiger partial charge in [0.1, 0.15) is 5.75 Å². The standard InChI is InChI=1S/C37H30N4O8S/c1-4-48-36(43)32-33(25-8-6-5-7-9-25)38-37-39(34(32)26-14-12-24(13-15-26)22(2)3)35(42)31(50-37)20-23-10-17-28(18-11-23)49-30-19-16-27(40(44)45)21-29(30)41(46)47/h5-22,34H,4H2,1-3H3/b31-20-/t34-/m0/s1. The summed E-state index contributed by atoms with van der Waals surface area (Å²) in [5, 5.41) is 22.6. The number of hydrogen-bond donors (Lipinski definition) is 0. The monoisotopic (exact) mass is 690 g/mol. The zero-order valence-corrected chi connectivity index (χ0v) is 28.0. The summed E-state index contributed by atoms with van der Waals surface area (Å²) in [4.78, 5) is 54.3. The van der Waals surface area contributed by atoms with Gasteiger partial charge in [0, 0.05) is 11.6 Å². The summed E-state index contributed by atoms with van der Waals surface area (Å²) < 4.78 is 13.1. The van der Waals surface area contributed by atoms with E-state index in [9.17, 15) is 29.8 Å². The van der Waals surface area contributed by atoms with Gasteiger partial charge in [-0.1, -0.05) is 91.9 Å². The topological polar surface area (TPSA) is 156 Å². The van der Waals surface area contributed by atoms with E-state index in [4.69, 9.17) is 14.5 Å². The average molecular weight is 691 g/mol. The Kier molecular flexibility index (Phi) is 9.50. The summed E-state index contributed by atoms with van der Waals surface area (Å²) in [7, 11) is 0. The molecule has 0 bridgehead atoms. The zero-order valence-electron chi connectivity index (χ0n) is 27.1. The van der Waals surface area contributed by atoms with Crippen LogP contribution in [0.15, 0.2) is 112 Å². The summed E-state index contributed by atoms with van der Waals surface area (Å²) in [5.41, 5.74) is 2.55. The number of benzene rings is 4. The van der Waals surface area contributed by atoms with E-state index in [0.29, 0.717) is 26.2 Å². The van der Waals surface area contributed by atoms with Gasteiger partial charge in [-0.25, -0.2) is 9.79 Å². The van der Waals surface area contributed by atoms with E-state index in [2.05, 4.69) is 13.8 Å². The third-order valence-corrected chi connectivity index (χ3v) is 9.03. The number of non-ortho nitro benzene ring substituents is 1. The van der Waals surface area contributed by atoms with E-state index in [-0.39, 0.29) is 35.2 Å². The summed E-state index contributed by atoms with van der Waals surface area (Å²) >= 11 is 1.19. The van der Waals surface area contributed by atoms with Crippen molar-refractivity contribution in [1.82, 2.24) is 4.57 Å². The first-order valence-corrected chi connectivity index (χ1v) is 16.5. The van der Waals surface area contributed by atoms with E-state index in [0.717, 1.165) is 23.3 Å². The number of aromatic nitrogens is 1. The molecule has 13 heteroatoms. The summed E-state index contributed by atoms with van der Waals surface area (Å²) in [6, 6.07) is 26.0. The maximum Gasteiger partial charge on any atom is 0.338 e. The quantitative estimate of drug-likeness (QED) is 0.0894. The molecule has 6 rings (SSSR count). The Morgan fingerprint density at radius 2 is 1.66 bits per heavy atom. The van der Waals surface area contributed by atoms with E-state index in [1.807, 2.05) is 54.6 Å². The molecule has 1 atom stereocenters. The minimum Gasteiger partial charge on any atom is -0.463 e. The van der Waals surface area contributed by atoms with Crippen molar-refractivity contribution in [3.63, 3.8) is 0 Å². The molecule has 1 aromatic heterocycles. The minimum absolute atomic E-state index is 0.144. The number of fused-ring (bicyclic) bond motifs is 1. The van der Waals surface area contributed by atoms with Crippen LogP contribution in [0.4, 0.5) is 11.4 Å². The molecule has 50 heavy (non-hydrogen) atoms. The van der Waals surface area contributed by atoms with Crippen LogP contribution in [0.5, 0.6) is 11.5 Å². The fourth-order valence-corrected chi connectivity index (χ4v) is 6.58. The molecule has 1 aliphatic heterocycles. The number of nitro groups is 2. The van der Waals surface area contributed by atoms with Gasteiger partial charge in [0.25, 0.3) is 11.2 Å². The van der Waals surface area contributed by atoms with Crippen molar-refractivity contribution in [3.8, 4) is 11.5 Å². The lowest BCUT2D eigenvalue weighted by Gasteiger charge is -2.26. The number of nitro benzene ring substituents is 2. The number of ether oxygens (including phenoxy) is 2. The Hall–Kier alpha value is -6.21. The lowest BCUT2D eigenvalue weighted by molar-refractivity contribution is -0.394. The maximum absolute atomic E-state index is 14.2. The summed E-state index contributed by atoms with van der Waals surface area (Å²) in [5.74, 6) is -0.190. The Morgan fingerprint density at radius 3 is 2.28 bits per heavy atom. The molecule has 0 aliphatic carbocycles. The normalized spacial score (nSPS) is 14.2. The van der Waals surface area contributed by atoms with E-state index >= 15 is 0 Å². The fourth-order valence-electron chi connectivity index (χ4n) is 5.58. The molecule has 4 aromatic carbocycles. The number of esters is 1. The largest absolute Gasteiger partial charge is 0.463 e. The molecule has 0 amide bonds. The molecular weight excluding hydrogens is 660 g/mol. The third-order valence-electron chi connectivity index (χ3n) is 8.05. The first-order valence-electron chi connectivity index (χ1n) is 15.6. The van der Waals surface area contributed by atoms with Crippen LogP contribution < -0.4 is 19.6 Å². The lowest BCUT2D eigenvalue weighted by Crippen LogP contribution is -2.40. The van der Waals surface area contributed by atoms with E-state index in [1.165, 1.54) is 22.0 Å². The van der Waals surface area contributed by atoms with Crippen molar-refractivity contribution in [3.05, 3.63) is 165 Å². The molecular formula is C37H30N4O8S. The molecule has 5 aromatic rings. The average Bonchev–Trinajstić information content (AvgIpc) is 3.42. The highest BCUT2D eigenvalue weighted by molar-refractivity contribution is 7.07. The van der Waals surface area contributed by atoms with E-state index in [1.54, 1.807) is 37.3 Å². The molecule has 0 N–H and O–H groups in total. The minimum atomic E-state index is -0.808. The van der Waals surface area contributed by atoms with E-state index < -0.39 is 33.2 Å². The Balaban J connectivity index is 1.44. The van der Waals surface area contributed by atoms with Gasteiger partial charge in [0.2, 0.25) is 5.75 Å². The molecule has 2 heterocycles. The van der Waals surface area contributed by atoms with Gasteiger partial charge in [-0.3, -0.25) is 29.6 Å². The maximum atomic E-state index is 14.2. The fraction of sp³-hybridized carbons (Fsp3) is 0.162. The van der Waals surface area contributed by atoms with Crippen LogP contribution in [0.25, 0.3) is 11.8 Å². The second kappa shape index (κ2) is 14.1. The third kappa shape index (κ3) is 6.71. The first-order chi connectivity index (χ1) is 24.0. The van der Waals surface area contributed by atoms with Crippen LogP contribution in [-0.2, 0) is 9.53 Å². The van der Waals surface area contributed by atoms with Gasteiger partial charge in [-0.05, 0) is 53.8 Å². The predicted octanol–water partition coefficient (Wildman–Crippen LogP) is 6.67. The number of rotatable bonds is 10. The van der Waals surface area contributed by atoms with Crippen LogP contribution in [-0.4, -0.2) is 27.0 Å². The molecule has 0 spiro atoms. The number of hydrogen-bond acceptors (Lipinski definition) is 10. The Bertz CT molecular complexity index is 2330. The van der Waals surface area contributed by atoms with Crippen LogP contribution in [0, 0.1) is 20.2 Å². The van der Waals surface area contributed by atoms with Gasteiger partial charge in [0.05, 0.1) is 44.4 Å². The predicted molar refractivity (Wildman–Crippen MR) is 188 cm³/mol. The summed E-state index contributed by atoms with van der Waals surface area (Å²) in [6.07, 6.45) is 1.69.